The largest absolute Gasteiger partial charge is 0.462 e. The van der Waals surface area contributed by atoms with E-state index in [0.717, 1.165) is 22.9 Å². The number of carbonyl (C=O) groups is 2. The van der Waals surface area contributed by atoms with Crippen LogP contribution in [-0.2, 0) is 37.6 Å². The summed E-state index contributed by atoms with van der Waals surface area (Å²) < 4.78 is 57.4. The molecule has 0 amide bonds. The molecule has 41 heavy (non-hydrogen) atoms. The number of aliphatic hydroxyl groups excluding tert-OH is 1. The minimum atomic E-state index is -4.50. The summed E-state index contributed by atoms with van der Waals surface area (Å²) in [5.41, 5.74) is -3.32. The highest BCUT2D eigenvalue weighted by Crippen LogP contribution is 2.49. The van der Waals surface area contributed by atoms with Gasteiger partial charge in [-0.15, -0.1) is 6.58 Å². The quantitative estimate of drug-likeness (QED) is 0.0953. The molecule has 1 aliphatic rings. The molecule has 1 aromatic rings. The van der Waals surface area contributed by atoms with Crippen LogP contribution in [0.3, 0.4) is 0 Å². The summed E-state index contributed by atoms with van der Waals surface area (Å²) in [5.74, 6) is -4.46. The van der Waals surface area contributed by atoms with E-state index in [4.69, 9.17) is 23.5 Å². The van der Waals surface area contributed by atoms with Gasteiger partial charge in [0.15, 0.2) is 6.23 Å². The van der Waals surface area contributed by atoms with E-state index < -0.39 is 92.7 Å². The van der Waals surface area contributed by atoms with Gasteiger partial charge in [0.25, 0.3) is 5.56 Å². The van der Waals surface area contributed by atoms with Gasteiger partial charge in [-0.05, 0) is 41.5 Å². The van der Waals surface area contributed by atoms with E-state index in [2.05, 4.69) is 16.8 Å². The third-order valence-electron chi connectivity index (χ3n) is 5.64. The number of rotatable bonds is 15. The van der Waals surface area contributed by atoms with Crippen LogP contribution in [0.4, 0.5) is 4.39 Å². The van der Waals surface area contributed by atoms with Gasteiger partial charge in [0.05, 0.1) is 12.2 Å². The van der Waals surface area contributed by atoms with Crippen LogP contribution in [0.25, 0.3) is 0 Å². The lowest BCUT2D eigenvalue weighted by atomic mass is 9.99. The van der Waals surface area contributed by atoms with Crippen molar-refractivity contribution >= 4 is 19.6 Å². The molecule has 0 spiro atoms. The van der Waals surface area contributed by atoms with Crippen molar-refractivity contribution in [2.75, 3.05) is 13.4 Å². The number of esters is 2. The first-order valence-corrected chi connectivity index (χ1v) is 14.4. The maximum atomic E-state index is 16.1. The van der Waals surface area contributed by atoms with Crippen molar-refractivity contribution in [2.45, 2.75) is 89.9 Å². The van der Waals surface area contributed by atoms with Gasteiger partial charge in [0.2, 0.25) is 5.85 Å². The molecular formula is C24H38FN4O11P. The van der Waals surface area contributed by atoms with Gasteiger partial charge < -0.3 is 28.6 Å². The molecule has 17 heteroatoms. The molecule has 0 saturated carbocycles. The monoisotopic (exact) mass is 608 g/mol. The maximum Gasteiger partial charge on any atom is 0.342 e. The summed E-state index contributed by atoms with van der Waals surface area (Å²) in [6.45, 7) is 10.6. The molecule has 0 aliphatic carbocycles. The molecule has 2 rings (SSSR count). The number of hydrogen-bond donors (Lipinski definition) is 4. The lowest BCUT2D eigenvalue weighted by Crippen LogP contribution is -2.44. The fourth-order valence-electron chi connectivity index (χ4n) is 3.93. The normalized spacial score (nSPS) is 25.5. The molecule has 2 heterocycles. The molecule has 15 nitrogen and oxygen atoms in total. The molecule has 1 aromatic heterocycles. The molecular weight excluding hydrogens is 570 g/mol. The van der Waals surface area contributed by atoms with Gasteiger partial charge in [0, 0.05) is 18.7 Å². The summed E-state index contributed by atoms with van der Waals surface area (Å²) in [5, 5.41) is 14.2. The molecule has 0 aromatic carbocycles. The Hall–Kier alpha value is -2.72. The molecule has 1 fully saturated rings. The van der Waals surface area contributed by atoms with Crippen molar-refractivity contribution in [3.05, 3.63) is 45.8 Å². The zero-order valence-corrected chi connectivity index (χ0v) is 24.6. The number of halogens is 1. The van der Waals surface area contributed by atoms with Crippen molar-refractivity contribution in [3.8, 4) is 0 Å². The van der Waals surface area contributed by atoms with Gasteiger partial charge in [0.1, 0.15) is 31.1 Å². The van der Waals surface area contributed by atoms with Crippen molar-refractivity contribution in [2.24, 2.45) is 0 Å². The average Bonchev–Trinajstić information content (AvgIpc) is 3.11. The summed E-state index contributed by atoms with van der Waals surface area (Å²) in [4.78, 5) is 50.8. The molecule has 1 aliphatic heterocycles. The zero-order valence-electron chi connectivity index (χ0n) is 23.7. The number of nitrogens with one attached hydrogen (secondary N) is 3. The molecule has 1 saturated heterocycles. The van der Waals surface area contributed by atoms with Crippen LogP contribution in [0.15, 0.2) is 34.5 Å². The summed E-state index contributed by atoms with van der Waals surface area (Å²) in [7, 11) is -4.50. The topological polar surface area (TPSA) is 197 Å². The standard InChI is InChI=1S/C24H38FN4O11P/c1-8-17(20(33)39-15(4)5)28-41(35,27-16(6)19(32)38-14(2)3)37-12-24(25)11-23(7,36-13-30)21(40-24)29-10-9-18(31)26-22(29)34/h8-10,14-17,21,30H,1,11-13H2,2-7H3,(H,26,31,34)(H2,27,28,35)/t16-,17-,21+,23+,24-,41?/m0/s1. The number of nitrogens with zero attached hydrogens (tertiary/aromatic N) is 1. The fraction of sp³-hybridized carbons (Fsp3) is 0.667. The van der Waals surface area contributed by atoms with Gasteiger partial charge in [-0.1, -0.05) is 6.08 Å². The highest BCUT2D eigenvalue weighted by atomic mass is 31.2. The van der Waals surface area contributed by atoms with Gasteiger partial charge in [-0.3, -0.25) is 23.7 Å². The Kier molecular flexibility index (Phi) is 11.7. The Labute approximate surface area is 235 Å². The lowest BCUT2D eigenvalue weighted by molar-refractivity contribution is -0.195. The number of ether oxygens (including phenoxy) is 4. The van der Waals surface area contributed by atoms with E-state index in [-0.39, 0.29) is 0 Å². The van der Waals surface area contributed by atoms with Crippen molar-refractivity contribution < 1.29 is 47.1 Å². The number of H-pyrrole nitrogens is 1. The zero-order chi connectivity index (χ0) is 31.2. The van der Waals surface area contributed by atoms with Crippen LogP contribution in [0.2, 0.25) is 0 Å². The summed E-state index contributed by atoms with van der Waals surface area (Å²) in [6, 6.07) is -1.65. The van der Waals surface area contributed by atoms with Crippen LogP contribution in [0.1, 0.15) is 54.2 Å². The molecule has 6 atom stereocenters. The predicted molar refractivity (Wildman–Crippen MR) is 142 cm³/mol. The van der Waals surface area contributed by atoms with Gasteiger partial charge in [-0.25, -0.2) is 24.2 Å². The SMILES string of the molecule is C=C[C@H](NP(=O)(N[C@@H](C)C(=O)OC(C)C)OC[C@]1(F)C[C@@](C)(OCO)[C@H](n2ccc(=O)[nH]c2=O)O1)C(=O)OC(C)C. The number of aliphatic hydroxyl groups is 1. The number of aromatic nitrogens is 2. The minimum Gasteiger partial charge on any atom is -0.462 e. The highest BCUT2D eigenvalue weighted by molar-refractivity contribution is 7.54. The second kappa shape index (κ2) is 14.0. The van der Waals surface area contributed by atoms with Crippen molar-refractivity contribution in [3.63, 3.8) is 0 Å². The molecule has 232 valence electrons. The molecule has 0 radical (unpaired) electrons. The number of aromatic amines is 1. The Morgan fingerprint density at radius 2 is 1.85 bits per heavy atom. The van der Waals surface area contributed by atoms with Gasteiger partial charge >= 0.3 is 25.3 Å². The molecule has 1 unspecified atom stereocenters. The van der Waals surface area contributed by atoms with Crippen LogP contribution < -0.4 is 21.4 Å². The third kappa shape index (κ3) is 9.39. The molecule has 4 N–H and O–H groups in total. The predicted octanol–water partition coefficient (Wildman–Crippen LogP) is 0.997. The van der Waals surface area contributed by atoms with E-state index in [9.17, 15) is 28.8 Å². The van der Waals surface area contributed by atoms with E-state index in [0.29, 0.717) is 0 Å². The fourth-order valence-corrected chi connectivity index (χ4v) is 5.72. The number of alkyl halides is 1. The Bertz CT molecular complexity index is 1250. The van der Waals surface area contributed by atoms with Crippen LogP contribution in [0, 0.1) is 0 Å². The molecule has 0 bridgehead atoms. The van der Waals surface area contributed by atoms with Crippen molar-refractivity contribution in [1.29, 1.82) is 0 Å². The first-order chi connectivity index (χ1) is 19.0. The first kappa shape index (κ1) is 34.5. The second-order valence-corrected chi connectivity index (χ2v) is 12.0. The van der Waals surface area contributed by atoms with Crippen molar-refractivity contribution in [1.82, 2.24) is 19.7 Å². The Morgan fingerprint density at radius 1 is 1.24 bits per heavy atom. The van der Waals surface area contributed by atoms with Crippen LogP contribution in [-0.4, -0.2) is 75.7 Å². The Balaban J connectivity index is 2.37. The van der Waals surface area contributed by atoms with Crippen LogP contribution in [0.5, 0.6) is 0 Å². The minimum absolute atomic E-state index is 0.500. The third-order valence-corrected chi connectivity index (χ3v) is 7.48. The highest BCUT2D eigenvalue weighted by Gasteiger charge is 2.57. The number of carbonyl (C=O) groups excluding carboxylic acids is 2. The van der Waals surface area contributed by atoms with E-state index in [1.54, 1.807) is 27.7 Å². The van der Waals surface area contributed by atoms with E-state index >= 15 is 4.39 Å². The van der Waals surface area contributed by atoms with Gasteiger partial charge in [-0.2, -0.15) is 0 Å². The lowest BCUT2D eigenvalue weighted by Gasteiger charge is -2.29. The van der Waals surface area contributed by atoms with Crippen LogP contribution >= 0.6 is 7.67 Å². The summed E-state index contributed by atoms with van der Waals surface area (Å²) >= 11 is 0. The second-order valence-electron chi connectivity index (χ2n) is 10.1. The van der Waals surface area contributed by atoms with E-state index in [1.165, 1.54) is 13.8 Å². The first-order valence-electron chi connectivity index (χ1n) is 12.7. The Morgan fingerprint density at radius 3 is 2.39 bits per heavy atom. The maximum absolute atomic E-state index is 16.1. The number of hydrogen-bond acceptors (Lipinski definition) is 11. The average molecular weight is 609 g/mol. The summed E-state index contributed by atoms with van der Waals surface area (Å²) in [6.07, 6.45) is -1.03. The smallest absolute Gasteiger partial charge is 0.342 e. The van der Waals surface area contributed by atoms with E-state index in [1.807, 2.05) is 4.98 Å².